The van der Waals surface area contributed by atoms with E-state index in [1.807, 2.05) is 6.92 Å². The summed E-state index contributed by atoms with van der Waals surface area (Å²) in [6.07, 6.45) is 2.47. The maximum atomic E-state index is 4.51. The Labute approximate surface area is 135 Å². The van der Waals surface area contributed by atoms with Gasteiger partial charge in [-0.05, 0) is 31.2 Å². The second-order valence-corrected chi connectivity index (χ2v) is 7.98. The molecule has 0 N–H and O–H groups in total. The first-order valence-corrected chi connectivity index (χ1v) is 9.58. The predicted molar refractivity (Wildman–Crippen MR) is 88.0 cm³/mol. The molecule has 3 aromatic rings. The highest BCUT2D eigenvalue weighted by molar-refractivity contribution is 7.98. The largest absolute Gasteiger partial charge is 0.298 e. The lowest BCUT2D eigenvalue weighted by Gasteiger charge is -2.06. The van der Waals surface area contributed by atoms with Gasteiger partial charge in [0.2, 0.25) is 0 Å². The minimum absolute atomic E-state index is 0.580. The minimum Gasteiger partial charge on any atom is -0.298 e. The molecule has 108 valence electrons. The van der Waals surface area contributed by atoms with Crippen LogP contribution in [-0.4, -0.2) is 19.7 Å². The molecular weight excluding hydrogens is 320 g/mol. The summed E-state index contributed by atoms with van der Waals surface area (Å²) in [5.74, 6) is 1.88. The molecular formula is C14H14N4S3. The Morgan fingerprint density at radius 3 is 2.90 bits per heavy atom. The number of hydrogen-bond acceptors (Lipinski definition) is 6. The average Bonchev–Trinajstić information content (AvgIpc) is 2.93. The molecule has 1 aliphatic rings. The Bertz CT molecular complexity index is 740. The lowest BCUT2D eigenvalue weighted by molar-refractivity contribution is 0.670. The van der Waals surface area contributed by atoms with Gasteiger partial charge in [0.1, 0.15) is 0 Å². The van der Waals surface area contributed by atoms with Crippen LogP contribution in [0.15, 0.2) is 28.0 Å². The molecule has 3 heterocycles. The highest BCUT2D eigenvalue weighted by atomic mass is 32.2. The van der Waals surface area contributed by atoms with Gasteiger partial charge in [0, 0.05) is 17.2 Å². The summed E-state index contributed by atoms with van der Waals surface area (Å²) in [7, 11) is 0. The number of thiazole rings is 1. The van der Waals surface area contributed by atoms with Crippen molar-refractivity contribution in [2.75, 3.05) is 0 Å². The molecule has 0 atom stereocenters. The van der Waals surface area contributed by atoms with Crippen LogP contribution in [0.4, 0.5) is 0 Å². The summed E-state index contributed by atoms with van der Waals surface area (Å²) < 4.78 is 2.32. The second-order valence-electron chi connectivity index (χ2n) is 5.03. The van der Waals surface area contributed by atoms with Gasteiger partial charge >= 0.3 is 0 Å². The number of nitrogens with zero attached hydrogens (tertiary/aromatic N) is 4. The molecule has 1 saturated carbocycles. The summed E-state index contributed by atoms with van der Waals surface area (Å²) in [6, 6.07) is 4.76. The lowest BCUT2D eigenvalue weighted by Crippen LogP contribution is -1.99. The molecule has 0 amide bonds. The highest BCUT2D eigenvalue weighted by Gasteiger charge is 2.30. The minimum atomic E-state index is 0.580. The van der Waals surface area contributed by atoms with Crippen LogP contribution in [0.2, 0.25) is 0 Å². The van der Waals surface area contributed by atoms with Crippen LogP contribution in [0.25, 0.3) is 10.7 Å². The van der Waals surface area contributed by atoms with E-state index >= 15 is 0 Å². The molecule has 0 bridgehead atoms. The number of aromatic nitrogens is 4. The zero-order chi connectivity index (χ0) is 14.2. The van der Waals surface area contributed by atoms with E-state index in [0.29, 0.717) is 6.04 Å². The summed E-state index contributed by atoms with van der Waals surface area (Å²) in [6.45, 7) is 2.04. The van der Waals surface area contributed by atoms with E-state index in [0.717, 1.165) is 27.4 Å². The third-order valence-corrected chi connectivity index (χ3v) is 6.00. The standard InChI is InChI=1S/C14H14N4S3/c1-9-15-10(7-20-9)8-21-14-17-16-13(12-3-2-6-19-12)18(14)11-4-5-11/h2-3,6-7,11H,4-5,8H2,1H3. The predicted octanol–water partition coefficient (Wildman–Crippen LogP) is 4.40. The molecule has 4 rings (SSSR count). The second kappa shape index (κ2) is 5.55. The van der Waals surface area contributed by atoms with Crippen molar-refractivity contribution in [2.45, 2.75) is 36.7 Å². The molecule has 3 aromatic heterocycles. The molecule has 1 aliphatic carbocycles. The number of hydrogen-bond donors (Lipinski definition) is 0. The van der Waals surface area contributed by atoms with E-state index in [-0.39, 0.29) is 0 Å². The number of thiophene rings is 1. The van der Waals surface area contributed by atoms with Gasteiger partial charge in [-0.1, -0.05) is 17.8 Å². The van der Waals surface area contributed by atoms with Crippen LogP contribution < -0.4 is 0 Å². The summed E-state index contributed by atoms with van der Waals surface area (Å²) in [4.78, 5) is 5.71. The molecule has 0 unspecified atom stereocenters. The Morgan fingerprint density at radius 2 is 2.24 bits per heavy atom. The maximum Gasteiger partial charge on any atom is 0.192 e. The van der Waals surface area contributed by atoms with E-state index in [2.05, 4.69) is 42.6 Å². The van der Waals surface area contributed by atoms with Gasteiger partial charge in [0.25, 0.3) is 0 Å². The Morgan fingerprint density at radius 1 is 1.33 bits per heavy atom. The highest BCUT2D eigenvalue weighted by Crippen LogP contribution is 2.42. The van der Waals surface area contributed by atoms with E-state index < -0.39 is 0 Å². The van der Waals surface area contributed by atoms with E-state index in [4.69, 9.17) is 0 Å². The smallest absolute Gasteiger partial charge is 0.192 e. The third kappa shape index (κ3) is 2.77. The first-order valence-electron chi connectivity index (χ1n) is 6.84. The van der Waals surface area contributed by atoms with Crippen LogP contribution in [0.5, 0.6) is 0 Å². The fourth-order valence-electron chi connectivity index (χ4n) is 2.22. The first-order chi connectivity index (χ1) is 10.3. The SMILES string of the molecule is Cc1nc(CSc2nnc(-c3cccs3)n2C2CC2)cs1. The van der Waals surface area contributed by atoms with Gasteiger partial charge in [-0.2, -0.15) is 0 Å². The van der Waals surface area contributed by atoms with Gasteiger partial charge in [0.05, 0.1) is 15.6 Å². The van der Waals surface area contributed by atoms with Gasteiger partial charge in [-0.15, -0.1) is 32.9 Å². The molecule has 0 aliphatic heterocycles. The third-order valence-electron chi connectivity index (χ3n) is 3.33. The Hall–Kier alpha value is -1.18. The van der Waals surface area contributed by atoms with Crippen molar-refractivity contribution in [1.29, 1.82) is 0 Å². The van der Waals surface area contributed by atoms with Crippen molar-refractivity contribution < 1.29 is 0 Å². The fourth-order valence-corrected chi connectivity index (χ4v) is 4.55. The summed E-state index contributed by atoms with van der Waals surface area (Å²) >= 11 is 5.16. The fraction of sp³-hybridized carbons (Fsp3) is 0.357. The monoisotopic (exact) mass is 334 g/mol. The van der Waals surface area contributed by atoms with Crippen molar-refractivity contribution in [3.05, 3.63) is 33.6 Å². The van der Waals surface area contributed by atoms with Gasteiger partial charge < -0.3 is 0 Å². The van der Waals surface area contributed by atoms with Gasteiger partial charge in [0.15, 0.2) is 11.0 Å². The van der Waals surface area contributed by atoms with Crippen molar-refractivity contribution in [1.82, 2.24) is 19.7 Å². The van der Waals surface area contributed by atoms with Crippen molar-refractivity contribution >= 4 is 34.4 Å². The summed E-state index contributed by atoms with van der Waals surface area (Å²) in [5, 5.41) is 15.2. The Balaban J connectivity index is 1.60. The maximum absolute atomic E-state index is 4.51. The Kier molecular flexibility index (Phi) is 3.56. The molecule has 21 heavy (non-hydrogen) atoms. The van der Waals surface area contributed by atoms with Crippen LogP contribution in [0.1, 0.15) is 29.6 Å². The van der Waals surface area contributed by atoms with Crippen molar-refractivity contribution in [2.24, 2.45) is 0 Å². The number of thioether (sulfide) groups is 1. The van der Waals surface area contributed by atoms with Crippen LogP contribution in [0.3, 0.4) is 0 Å². The molecule has 0 radical (unpaired) electrons. The van der Waals surface area contributed by atoms with Crippen molar-refractivity contribution in [3.8, 4) is 10.7 Å². The van der Waals surface area contributed by atoms with Crippen LogP contribution in [0, 0.1) is 6.92 Å². The first kappa shape index (κ1) is 13.5. The average molecular weight is 334 g/mol. The normalized spacial score (nSPS) is 14.7. The molecule has 7 heteroatoms. The number of aryl methyl sites for hydroxylation is 1. The zero-order valence-corrected chi connectivity index (χ0v) is 14.0. The van der Waals surface area contributed by atoms with E-state index in [1.54, 1.807) is 34.4 Å². The zero-order valence-electron chi connectivity index (χ0n) is 11.5. The molecule has 1 fully saturated rings. The van der Waals surface area contributed by atoms with Crippen LogP contribution in [-0.2, 0) is 5.75 Å². The van der Waals surface area contributed by atoms with Crippen LogP contribution >= 0.6 is 34.4 Å². The van der Waals surface area contributed by atoms with E-state index in [1.165, 1.54) is 17.7 Å². The van der Waals surface area contributed by atoms with E-state index in [9.17, 15) is 0 Å². The summed E-state index contributed by atoms with van der Waals surface area (Å²) in [5.41, 5.74) is 1.13. The molecule has 4 nitrogen and oxygen atoms in total. The lowest BCUT2D eigenvalue weighted by atomic mass is 10.4. The van der Waals surface area contributed by atoms with Gasteiger partial charge in [-0.25, -0.2) is 4.98 Å². The van der Waals surface area contributed by atoms with Crippen molar-refractivity contribution in [3.63, 3.8) is 0 Å². The topological polar surface area (TPSA) is 43.6 Å². The van der Waals surface area contributed by atoms with Gasteiger partial charge in [-0.3, -0.25) is 4.57 Å². The number of rotatable bonds is 5. The molecule has 0 saturated heterocycles. The molecule has 0 aromatic carbocycles. The molecule has 0 spiro atoms. The quantitative estimate of drug-likeness (QED) is 0.649.